The molecule has 0 aromatic rings. The third-order valence-corrected chi connectivity index (χ3v) is 1.80. The normalized spacial score (nSPS) is 33.7. The summed E-state index contributed by atoms with van der Waals surface area (Å²) in [6.45, 7) is 8.55. The number of nitrogens with one attached hydrogen (secondary N) is 1. The molecule has 1 heterocycles. The average molecular weight is 141 g/mol. The zero-order valence-corrected chi connectivity index (χ0v) is 6.52. The second-order valence-electron chi connectivity index (χ2n) is 2.97. The van der Waals surface area contributed by atoms with Gasteiger partial charge in [-0.25, -0.2) is 0 Å². The first-order chi connectivity index (χ1) is 4.77. The van der Waals surface area contributed by atoms with Gasteiger partial charge in [0.1, 0.15) is 0 Å². The first-order valence-electron chi connectivity index (χ1n) is 3.72. The van der Waals surface area contributed by atoms with E-state index >= 15 is 0 Å². The van der Waals surface area contributed by atoms with Gasteiger partial charge < -0.3 is 10.1 Å². The Labute approximate surface area is 62.3 Å². The van der Waals surface area contributed by atoms with Crippen molar-refractivity contribution >= 4 is 0 Å². The van der Waals surface area contributed by atoms with Crippen LogP contribution in [0.5, 0.6) is 0 Å². The maximum Gasteiger partial charge on any atom is 0.0813 e. The van der Waals surface area contributed by atoms with Crippen LogP contribution in [0.25, 0.3) is 0 Å². The van der Waals surface area contributed by atoms with Crippen molar-refractivity contribution in [3.05, 3.63) is 12.7 Å². The van der Waals surface area contributed by atoms with E-state index in [1.54, 1.807) is 0 Å². The molecule has 1 rings (SSSR count). The van der Waals surface area contributed by atoms with Crippen molar-refractivity contribution in [3.8, 4) is 0 Å². The Balaban J connectivity index is 2.39. The molecule has 1 aliphatic heterocycles. The molecule has 1 aliphatic rings. The SMILES string of the molecule is C=CCC1(C)CNCCO1. The lowest BCUT2D eigenvalue weighted by atomic mass is 10.0. The minimum Gasteiger partial charge on any atom is -0.372 e. The fourth-order valence-corrected chi connectivity index (χ4v) is 1.21. The predicted molar refractivity (Wildman–Crippen MR) is 42.0 cm³/mol. The molecule has 10 heavy (non-hydrogen) atoms. The highest BCUT2D eigenvalue weighted by atomic mass is 16.5. The van der Waals surface area contributed by atoms with Gasteiger partial charge in [-0.05, 0) is 13.3 Å². The molecule has 0 aliphatic carbocycles. The quantitative estimate of drug-likeness (QED) is 0.578. The van der Waals surface area contributed by atoms with Crippen LogP contribution in [0.1, 0.15) is 13.3 Å². The van der Waals surface area contributed by atoms with Crippen LogP contribution in [-0.4, -0.2) is 25.3 Å². The minimum atomic E-state index is 0. The van der Waals surface area contributed by atoms with Crippen molar-refractivity contribution in [2.75, 3.05) is 19.7 Å². The highest BCUT2D eigenvalue weighted by Gasteiger charge is 2.25. The maximum atomic E-state index is 5.57. The number of hydrogen-bond donors (Lipinski definition) is 1. The van der Waals surface area contributed by atoms with Crippen LogP contribution < -0.4 is 5.32 Å². The first kappa shape index (κ1) is 7.76. The molecule has 0 spiro atoms. The van der Waals surface area contributed by atoms with E-state index in [4.69, 9.17) is 4.74 Å². The summed E-state index contributed by atoms with van der Waals surface area (Å²) in [7, 11) is 0. The Bertz CT molecular complexity index is 116. The molecule has 1 unspecified atom stereocenters. The third kappa shape index (κ3) is 1.82. The third-order valence-electron chi connectivity index (χ3n) is 1.80. The van der Waals surface area contributed by atoms with E-state index in [-0.39, 0.29) is 5.60 Å². The van der Waals surface area contributed by atoms with Gasteiger partial charge in [0, 0.05) is 13.1 Å². The fraction of sp³-hybridized carbons (Fsp3) is 0.750. The summed E-state index contributed by atoms with van der Waals surface area (Å²) in [6.07, 6.45) is 2.84. The van der Waals surface area contributed by atoms with Crippen LogP contribution in [0, 0.1) is 0 Å². The van der Waals surface area contributed by atoms with Gasteiger partial charge in [-0.2, -0.15) is 0 Å². The zero-order chi connectivity index (χ0) is 7.45. The Kier molecular flexibility index (Phi) is 2.46. The molecule has 0 bridgehead atoms. The fourth-order valence-electron chi connectivity index (χ4n) is 1.21. The van der Waals surface area contributed by atoms with Crippen molar-refractivity contribution in [1.82, 2.24) is 5.32 Å². The van der Waals surface area contributed by atoms with Crippen LogP contribution in [0.4, 0.5) is 0 Å². The molecular weight excluding hydrogens is 126 g/mol. The molecule has 0 saturated carbocycles. The minimum absolute atomic E-state index is 0. The molecule has 0 aromatic carbocycles. The van der Waals surface area contributed by atoms with Gasteiger partial charge in [0.05, 0.1) is 12.2 Å². The van der Waals surface area contributed by atoms with E-state index in [1.807, 2.05) is 6.08 Å². The Morgan fingerprint density at radius 1 is 1.80 bits per heavy atom. The standard InChI is InChI=1S/C8H15NO/c1-3-4-8(2)7-9-5-6-10-8/h3,9H,1,4-7H2,2H3. The van der Waals surface area contributed by atoms with E-state index in [1.165, 1.54) is 0 Å². The lowest BCUT2D eigenvalue weighted by molar-refractivity contribution is -0.0498. The highest BCUT2D eigenvalue weighted by Crippen LogP contribution is 2.16. The van der Waals surface area contributed by atoms with Crippen molar-refractivity contribution in [2.24, 2.45) is 0 Å². The highest BCUT2D eigenvalue weighted by molar-refractivity contribution is 4.88. The van der Waals surface area contributed by atoms with Gasteiger partial charge >= 0.3 is 0 Å². The smallest absolute Gasteiger partial charge is 0.0813 e. The van der Waals surface area contributed by atoms with E-state index in [2.05, 4.69) is 18.8 Å². The van der Waals surface area contributed by atoms with Gasteiger partial charge in [0.2, 0.25) is 0 Å². The van der Waals surface area contributed by atoms with Crippen LogP contribution in [0.2, 0.25) is 0 Å². The average Bonchev–Trinajstić information content (AvgIpc) is 1.89. The second-order valence-corrected chi connectivity index (χ2v) is 2.97. The van der Waals surface area contributed by atoms with Gasteiger partial charge in [-0.3, -0.25) is 0 Å². The van der Waals surface area contributed by atoms with Crippen LogP contribution in [0.3, 0.4) is 0 Å². The molecule has 0 aromatic heterocycles. The van der Waals surface area contributed by atoms with Crippen LogP contribution in [-0.2, 0) is 4.74 Å². The van der Waals surface area contributed by atoms with Crippen LogP contribution in [0.15, 0.2) is 12.7 Å². The maximum absolute atomic E-state index is 5.57. The zero-order valence-electron chi connectivity index (χ0n) is 6.52. The molecule has 1 fully saturated rings. The van der Waals surface area contributed by atoms with Gasteiger partial charge in [-0.15, -0.1) is 6.58 Å². The lowest BCUT2D eigenvalue weighted by Crippen LogP contribution is -2.47. The summed E-state index contributed by atoms with van der Waals surface area (Å²) < 4.78 is 5.57. The molecule has 1 saturated heterocycles. The van der Waals surface area contributed by atoms with Crippen molar-refractivity contribution in [1.29, 1.82) is 0 Å². The molecule has 2 heteroatoms. The number of morpholine rings is 1. The largest absolute Gasteiger partial charge is 0.372 e. The molecule has 0 amide bonds. The summed E-state index contributed by atoms with van der Waals surface area (Å²) >= 11 is 0. The van der Waals surface area contributed by atoms with E-state index in [9.17, 15) is 0 Å². The molecule has 0 radical (unpaired) electrons. The Morgan fingerprint density at radius 2 is 2.60 bits per heavy atom. The van der Waals surface area contributed by atoms with E-state index in [0.29, 0.717) is 0 Å². The first-order valence-corrected chi connectivity index (χ1v) is 3.72. The van der Waals surface area contributed by atoms with Gasteiger partial charge in [0.15, 0.2) is 0 Å². The van der Waals surface area contributed by atoms with Crippen molar-refractivity contribution in [2.45, 2.75) is 18.9 Å². The molecule has 1 atom stereocenters. The van der Waals surface area contributed by atoms with Crippen LogP contribution >= 0.6 is 0 Å². The molecule has 58 valence electrons. The number of hydrogen-bond acceptors (Lipinski definition) is 2. The summed E-state index contributed by atoms with van der Waals surface area (Å²) in [4.78, 5) is 0. The molecule has 2 nitrogen and oxygen atoms in total. The number of rotatable bonds is 2. The van der Waals surface area contributed by atoms with Crippen molar-refractivity contribution < 1.29 is 4.74 Å². The summed E-state index contributed by atoms with van der Waals surface area (Å²) in [5.41, 5.74) is 0. The Morgan fingerprint density at radius 3 is 3.10 bits per heavy atom. The topological polar surface area (TPSA) is 21.3 Å². The summed E-state index contributed by atoms with van der Waals surface area (Å²) in [6, 6.07) is 0. The van der Waals surface area contributed by atoms with E-state index < -0.39 is 0 Å². The monoisotopic (exact) mass is 141 g/mol. The molecule has 1 N–H and O–H groups in total. The predicted octanol–water partition coefficient (Wildman–Crippen LogP) is 0.941. The lowest BCUT2D eigenvalue weighted by Gasteiger charge is -2.33. The summed E-state index contributed by atoms with van der Waals surface area (Å²) in [5, 5.41) is 3.29. The van der Waals surface area contributed by atoms with Crippen molar-refractivity contribution in [3.63, 3.8) is 0 Å². The van der Waals surface area contributed by atoms with Gasteiger partial charge in [-0.1, -0.05) is 6.08 Å². The number of ether oxygens (including phenoxy) is 1. The van der Waals surface area contributed by atoms with Gasteiger partial charge in [0.25, 0.3) is 0 Å². The summed E-state index contributed by atoms with van der Waals surface area (Å²) in [5.74, 6) is 0. The Hall–Kier alpha value is -0.340. The second kappa shape index (κ2) is 3.17. The van der Waals surface area contributed by atoms with E-state index in [0.717, 1.165) is 26.1 Å². The molecular formula is C8H15NO.